The molecule has 5 nitrogen and oxygen atoms in total. The van der Waals surface area contributed by atoms with Gasteiger partial charge >= 0.3 is 0 Å². The summed E-state index contributed by atoms with van der Waals surface area (Å²) < 4.78 is 14.8. The number of carbonyl (C=O) groups excluding carboxylic acids is 1. The van der Waals surface area contributed by atoms with Gasteiger partial charge in [0.15, 0.2) is 0 Å². The van der Waals surface area contributed by atoms with Gasteiger partial charge in [-0.15, -0.1) is 11.3 Å². The van der Waals surface area contributed by atoms with Crippen molar-refractivity contribution in [2.24, 2.45) is 0 Å². The number of benzene rings is 2. The third kappa shape index (κ3) is 4.55. The number of nitrogens with zero attached hydrogens (tertiary/aromatic N) is 3. The van der Waals surface area contributed by atoms with Crippen molar-refractivity contribution in [3.63, 3.8) is 0 Å². The highest BCUT2D eigenvalue weighted by molar-refractivity contribution is 7.18. The van der Waals surface area contributed by atoms with E-state index in [1.54, 1.807) is 30.4 Å². The summed E-state index contributed by atoms with van der Waals surface area (Å²) in [5, 5.41) is 3.91. The van der Waals surface area contributed by atoms with Crippen LogP contribution in [-0.2, 0) is 11.3 Å². The van der Waals surface area contributed by atoms with E-state index in [-0.39, 0.29) is 11.7 Å². The van der Waals surface area contributed by atoms with Gasteiger partial charge in [-0.05, 0) is 36.8 Å². The molecule has 0 atom stereocenters. The number of piperazine rings is 1. The molecule has 0 aliphatic carbocycles. The Morgan fingerprint density at radius 2 is 1.89 bits per heavy atom. The molecule has 1 saturated heterocycles. The van der Waals surface area contributed by atoms with Crippen LogP contribution in [0.15, 0.2) is 42.5 Å². The maximum Gasteiger partial charge on any atom is 0.238 e. The quantitative estimate of drug-likeness (QED) is 0.715. The number of nitrogens with one attached hydrogen (secondary N) is 1. The molecule has 0 saturated carbocycles. The minimum absolute atomic E-state index is 0.108. The smallest absolute Gasteiger partial charge is 0.238 e. The number of para-hydroxylation sites is 1. The normalized spacial score (nSPS) is 15.8. The Balaban J connectivity index is 1.25. The third-order valence-electron chi connectivity index (χ3n) is 4.98. The van der Waals surface area contributed by atoms with E-state index < -0.39 is 0 Å². The molecule has 1 N–H and O–H groups in total. The van der Waals surface area contributed by atoms with Gasteiger partial charge in [0.25, 0.3) is 0 Å². The van der Waals surface area contributed by atoms with E-state index in [0.717, 1.165) is 43.2 Å². The molecule has 7 heteroatoms. The first-order chi connectivity index (χ1) is 13.6. The Labute approximate surface area is 167 Å². The lowest BCUT2D eigenvalue weighted by Crippen LogP contribution is -2.48. The number of halogens is 1. The molecule has 1 aromatic heterocycles. The lowest BCUT2D eigenvalue weighted by atomic mass is 10.2. The Morgan fingerprint density at radius 3 is 2.64 bits per heavy atom. The number of amides is 1. The van der Waals surface area contributed by atoms with Crippen LogP contribution in [0.1, 0.15) is 10.6 Å². The lowest BCUT2D eigenvalue weighted by molar-refractivity contribution is -0.117. The standard InChI is InChI=1S/C21H23FN4OS/c1-15-6-7-16(12-17(15)22)23-20(27)13-25-8-10-26(11-9-25)14-21-24-18-4-2-3-5-19(18)28-21/h2-7,12H,8-11,13-14H2,1H3,(H,23,27). The number of hydrogen-bond donors (Lipinski definition) is 1. The summed E-state index contributed by atoms with van der Waals surface area (Å²) in [5.41, 5.74) is 2.13. The molecule has 0 spiro atoms. The topological polar surface area (TPSA) is 48.5 Å². The summed E-state index contributed by atoms with van der Waals surface area (Å²) in [6, 6.07) is 13.0. The number of hydrogen-bond acceptors (Lipinski definition) is 5. The largest absolute Gasteiger partial charge is 0.325 e. The predicted molar refractivity (Wildman–Crippen MR) is 111 cm³/mol. The van der Waals surface area contributed by atoms with Gasteiger partial charge in [-0.25, -0.2) is 9.37 Å². The molecule has 1 amide bonds. The second kappa shape index (κ2) is 8.34. The average molecular weight is 399 g/mol. The number of thiazole rings is 1. The minimum atomic E-state index is -0.304. The summed E-state index contributed by atoms with van der Waals surface area (Å²) in [7, 11) is 0. The Hall–Kier alpha value is -2.35. The van der Waals surface area contributed by atoms with Crippen LogP contribution in [-0.4, -0.2) is 53.4 Å². The molecule has 2 aromatic carbocycles. The lowest BCUT2D eigenvalue weighted by Gasteiger charge is -2.33. The molecule has 1 fully saturated rings. The van der Waals surface area contributed by atoms with Crippen LogP contribution in [0.25, 0.3) is 10.2 Å². The third-order valence-corrected chi connectivity index (χ3v) is 6.01. The van der Waals surface area contributed by atoms with Crippen molar-refractivity contribution in [3.05, 3.63) is 58.9 Å². The zero-order valence-corrected chi connectivity index (χ0v) is 16.6. The fourth-order valence-corrected chi connectivity index (χ4v) is 4.37. The SMILES string of the molecule is Cc1ccc(NC(=O)CN2CCN(Cc3nc4ccccc4s3)CC2)cc1F. The fraction of sp³-hybridized carbons (Fsp3) is 0.333. The van der Waals surface area contributed by atoms with E-state index >= 15 is 0 Å². The summed E-state index contributed by atoms with van der Waals surface area (Å²) >= 11 is 1.74. The van der Waals surface area contributed by atoms with E-state index in [1.807, 2.05) is 18.2 Å². The van der Waals surface area contributed by atoms with E-state index in [4.69, 9.17) is 4.98 Å². The number of anilines is 1. The van der Waals surface area contributed by atoms with Crippen molar-refractivity contribution in [1.29, 1.82) is 0 Å². The van der Waals surface area contributed by atoms with Crippen LogP contribution in [0.3, 0.4) is 0 Å². The zero-order chi connectivity index (χ0) is 19.5. The van der Waals surface area contributed by atoms with Crippen molar-refractivity contribution in [1.82, 2.24) is 14.8 Å². The Morgan fingerprint density at radius 1 is 1.14 bits per heavy atom. The van der Waals surface area contributed by atoms with Crippen LogP contribution in [0, 0.1) is 12.7 Å². The van der Waals surface area contributed by atoms with Crippen molar-refractivity contribution in [3.8, 4) is 0 Å². The van der Waals surface area contributed by atoms with E-state index in [9.17, 15) is 9.18 Å². The van der Waals surface area contributed by atoms with E-state index in [2.05, 4.69) is 21.2 Å². The van der Waals surface area contributed by atoms with Crippen molar-refractivity contribution < 1.29 is 9.18 Å². The molecule has 1 aliphatic rings. The average Bonchev–Trinajstić information content (AvgIpc) is 3.08. The number of aromatic nitrogens is 1. The number of rotatable bonds is 5. The van der Waals surface area contributed by atoms with Gasteiger partial charge in [0.2, 0.25) is 5.91 Å². The highest BCUT2D eigenvalue weighted by atomic mass is 32.1. The minimum Gasteiger partial charge on any atom is -0.325 e. The number of aryl methyl sites for hydroxylation is 1. The van der Waals surface area contributed by atoms with Crippen LogP contribution in [0.4, 0.5) is 10.1 Å². The molecule has 146 valence electrons. The molecule has 0 unspecified atom stereocenters. The first-order valence-electron chi connectivity index (χ1n) is 9.42. The van der Waals surface area contributed by atoms with Gasteiger partial charge in [-0.1, -0.05) is 18.2 Å². The van der Waals surface area contributed by atoms with E-state index in [1.165, 1.54) is 10.8 Å². The summed E-state index contributed by atoms with van der Waals surface area (Å²) in [6.07, 6.45) is 0. The molecular weight excluding hydrogens is 375 g/mol. The van der Waals surface area contributed by atoms with Crippen LogP contribution >= 0.6 is 11.3 Å². The van der Waals surface area contributed by atoms with Crippen molar-refractivity contribution >= 4 is 33.1 Å². The van der Waals surface area contributed by atoms with Crippen molar-refractivity contribution in [2.45, 2.75) is 13.5 Å². The first kappa shape index (κ1) is 19.0. The maximum absolute atomic E-state index is 13.6. The molecule has 2 heterocycles. The van der Waals surface area contributed by atoms with Crippen molar-refractivity contribution in [2.75, 3.05) is 38.0 Å². The van der Waals surface area contributed by atoms with Gasteiger partial charge < -0.3 is 5.32 Å². The first-order valence-corrected chi connectivity index (χ1v) is 10.2. The van der Waals surface area contributed by atoms with Crippen LogP contribution in [0.2, 0.25) is 0 Å². The van der Waals surface area contributed by atoms with Crippen LogP contribution < -0.4 is 5.32 Å². The predicted octanol–water partition coefficient (Wildman–Crippen LogP) is 3.50. The highest BCUT2D eigenvalue weighted by Crippen LogP contribution is 2.23. The van der Waals surface area contributed by atoms with Gasteiger partial charge in [0.05, 0.1) is 23.3 Å². The summed E-state index contributed by atoms with van der Waals surface area (Å²) in [5.74, 6) is -0.413. The second-order valence-corrected chi connectivity index (χ2v) is 8.25. The summed E-state index contributed by atoms with van der Waals surface area (Å²) in [6.45, 7) is 6.35. The molecule has 0 bridgehead atoms. The van der Waals surface area contributed by atoms with Gasteiger partial charge in [0.1, 0.15) is 10.8 Å². The molecule has 0 radical (unpaired) electrons. The number of fused-ring (bicyclic) bond motifs is 1. The second-order valence-electron chi connectivity index (χ2n) is 7.14. The van der Waals surface area contributed by atoms with Gasteiger partial charge in [-0.3, -0.25) is 14.6 Å². The Kier molecular flexibility index (Phi) is 5.66. The van der Waals surface area contributed by atoms with Gasteiger partial charge in [0, 0.05) is 31.9 Å². The Bertz CT molecular complexity index is 948. The molecule has 4 rings (SSSR count). The monoisotopic (exact) mass is 398 g/mol. The maximum atomic E-state index is 13.6. The number of carbonyl (C=O) groups is 1. The zero-order valence-electron chi connectivity index (χ0n) is 15.8. The molecule has 28 heavy (non-hydrogen) atoms. The van der Waals surface area contributed by atoms with Crippen LogP contribution in [0.5, 0.6) is 0 Å². The molecular formula is C21H23FN4OS. The summed E-state index contributed by atoms with van der Waals surface area (Å²) in [4.78, 5) is 21.5. The van der Waals surface area contributed by atoms with Gasteiger partial charge in [-0.2, -0.15) is 0 Å². The van der Waals surface area contributed by atoms with E-state index in [0.29, 0.717) is 17.8 Å². The molecule has 3 aromatic rings. The molecule has 1 aliphatic heterocycles. The fourth-order valence-electron chi connectivity index (χ4n) is 3.36. The highest BCUT2D eigenvalue weighted by Gasteiger charge is 2.20.